The van der Waals surface area contributed by atoms with Gasteiger partial charge in [0.2, 0.25) is 0 Å². The minimum Gasteiger partial charge on any atom is -0.444 e. The quantitative estimate of drug-likeness (QED) is 0.917. The molecule has 0 radical (unpaired) electrons. The number of halogens is 2. The van der Waals surface area contributed by atoms with Crippen molar-refractivity contribution in [2.75, 3.05) is 0 Å². The summed E-state index contributed by atoms with van der Waals surface area (Å²) in [7, 11) is 0. The lowest BCUT2D eigenvalue weighted by Gasteiger charge is -2.30. The Morgan fingerprint density at radius 2 is 2.17 bits per heavy atom. The van der Waals surface area contributed by atoms with E-state index >= 15 is 0 Å². The van der Waals surface area contributed by atoms with Crippen LogP contribution in [0.4, 0.5) is 13.6 Å². The Bertz CT molecular complexity index is 530. The Balaban J connectivity index is 1.90. The monoisotopic (exact) mass is 332 g/mol. The van der Waals surface area contributed by atoms with Crippen LogP contribution in [0.15, 0.2) is 6.33 Å². The Morgan fingerprint density at radius 1 is 1.43 bits per heavy atom. The summed E-state index contributed by atoms with van der Waals surface area (Å²) in [6.45, 7) is 2.46. The van der Waals surface area contributed by atoms with Crippen LogP contribution >= 0.6 is 0 Å². The maximum atomic E-state index is 12.1. The van der Waals surface area contributed by atoms with Gasteiger partial charge in [-0.1, -0.05) is 0 Å². The van der Waals surface area contributed by atoms with Gasteiger partial charge in [-0.25, -0.2) is 9.48 Å². The number of alkyl halides is 2. The summed E-state index contributed by atoms with van der Waals surface area (Å²) >= 11 is 0. The molecule has 1 saturated carbocycles. The molecule has 1 amide bonds. The molecule has 0 aliphatic heterocycles. The largest absolute Gasteiger partial charge is 0.444 e. The van der Waals surface area contributed by atoms with Crippen LogP contribution in [0, 0.1) is 0 Å². The molecule has 0 bridgehead atoms. The van der Waals surface area contributed by atoms with Crippen molar-refractivity contribution in [3.8, 4) is 6.01 Å². The van der Waals surface area contributed by atoms with E-state index in [2.05, 4.69) is 20.1 Å². The van der Waals surface area contributed by atoms with Crippen molar-refractivity contribution in [3.63, 3.8) is 0 Å². The van der Waals surface area contributed by atoms with Crippen LogP contribution < -0.4 is 10.1 Å². The van der Waals surface area contributed by atoms with Gasteiger partial charge in [0.15, 0.2) is 0 Å². The first-order chi connectivity index (χ1) is 10.7. The van der Waals surface area contributed by atoms with E-state index in [1.165, 1.54) is 11.0 Å². The highest BCUT2D eigenvalue weighted by Gasteiger charge is 2.27. The second kappa shape index (κ2) is 7.10. The first kappa shape index (κ1) is 17.4. The van der Waals surface area contributed by atoms with Gasteiger partial charge in [0.05, 0.1) is 6.04 Å². The number of nitrogens with zero attached hydrogens (tertiary/aromatic N) is 3. The number of nitrogens with one attached hydrogen (secondary N) is 1. The second-order valence-corrected chi connectivity index (χ2v) is 6.55. The van der Waals surface area contributed by atoms with Crippen molar-refractivity contribution in [1.82, 2.24) is 20.1 Å². The highest BCUT2D eigenvalue weighted by atomic mass is 19.3. The Morgan fingerprint density at radius 3 is 2.83 bits per heavy atom. The Labute approximate surface area is 133 Å². The fraction of sp³-hybridized carbons (Fsp3) is 0.786. The summed E-state index contributed by atoms with van der Waals surface area (Å²) in [5.74, 6) is 0. The van der Waals surface area contributed by atoms with Crippen LogP contribution in [-0.4, -0.2) is 39.1 Å². The molecular formula is C14H22F2N4O3. The summed E-state index contributed by atoms with van der Waals surface area (Å²) in [5.41, 5.74) is -0.550. The van der Waals surface area contributed by atoms with Crippen LogP contribution in [0.1, 0.15) is 52.5 Å². The summed E-state index contributed by atoms with van der Waals surface area (Å²) in [6, 6.07) is -0.416. The van der Waals surface area contributed by atoms with E-state index in [0.29, 0.717) is 6.42 Å². The third kappa shape index (κ3) is 5.65. The molecule has 7 nitrogen and oxygen atoms in total. The van der Waals surface area contributed by atoms with Crippen LogP contribution in [0.3, 0.4) is 0 Å². The van der Waals surface area contributed by atoms with Crippen molar-refractivity contribution in [2.24, 2.45) is 0 Å². The van der Waals surface area contributed by atoms with E-state index in [1.807, 2.05) is 0 Å². The second-order valence-electron chi connectivity index (χ2n) is 6.55. The highest BCUT2D eigenvalue weighted by molar-refractivity contribution is 5.68. The lowest BCUT2D eigenvalue weighted by atomic mass is 9.91. The average Bonchev–Trinajstić information content (AvgIpc) is 2.84. The van der Waals surface area contributed by atoms with Gasteiger partial charge in [-0.3, -0.25) is 0 Å². The first-order valence-corrected chi connectivity index (χ1v) is 7.58. The molecular weight excluding hydrogens is 310 g/mol. The summed E-state index contributed by atoms with van der Waals surface area (Å²) in [5, 5.41) is 6.75. The molecule has 1 N–H and O–H groups in total. The van der Waals surface area contributed by atoms with Crippen molar-refractivity contribution in [3.05, 3.63) is 6.33 Å². The minimum atomic E-state index is -2.95. The highest BCUT2D eigenvalue weighted by Crippen LogP contribution is 2.28. The predicted molar refractivity (Wildman–Crippen MR) is 77.3 cm³/mol. The lowest BCUT2D eigenvalue weighted by molar-refractivity contribution is -0.0562. The molecule has 1 aromatic rings. The van der Waals surface area contributed by atoms with E-state index in [9.17, 15) is 13.6 Å². The molecule has 1 aliphatic carbocycles. The van der Waals surface area contributed by atoms with Gasteiger partial charge < -0.3 is 14.8 Å². The molecule has 1 aromatic heterocycles. The fourth-order valence-electron chi connectivity index (χ4n) is 2.58. The topological polar surface area (TPSA) is 78.3 Å². The number of carbonyl (C=O) groups excluding carboxylic acids is 1. The molecule has 23 heavy (non-hydrogen) atoms. The van der Waals surface area contributed by atoms with Crippen molar-refractivity contribution in [1.29, 1.82) is 0 Å². The third-order valence-corrected chi connectivity index (χ3v) is 3.42. The zero-order valence-electron chi connectivity index (χ0n) is 13.5. The van der Waals surface area contributed by atoms with Crippen LogP contribution in [0.5, 0.6) is 6.01 Å². The first-order valence-electron chi connectivity index (χ1n) is 7.58. The number of ether oxygens (including phenoxy) is 2. The van der Waals surface area contributed by atoms with Crippen molar-refractivity contribution >= 4 is 6.09 Å². The molecule has 2 unspecified atom stereocenters. The van der Waals surface area contributed by atoms with E-state index in [1.54, 1.807) is 20.8 Å². The van der Waals surface area contributed by atoms with Gasteiger partial charge >= 0.3 is 18.7 Å². The maximum Gasteiger partial charge on any atom is 0.407 e. The number of rotatable bonds is 4. The van der Waals surface area contributed by atoms with Crippen molar-refractivity contribution < 1.29 is 23.0 Å². The van der Waals surface area contributed by atoms with E-state index in [0.717, 1.165) is 19.3 Å². The molecule has 2 atom stereocenters. The number of alkyl carbamates (subject to hydrolysis) is 1. The molecule has 2 rings (SSSR count). The van der Waals surface area contributed by atoms with E-state index < -0.39 is 18.3 Å². The Kier molecular flexibility index (Phi) is 5.38. The standard InChI is InChI=1S/C14H22F2N4O3/c1-14(2,3)23-13(21)18-9-5-4-6-10(7-9)20-8-17-12(19-20)22-11(15)16/h8-11H,4-7H2,1-3H3,(H,18,21). The SMILES string of the molecule is CC(C)(C)OC(=O)NC1CCCC(n2cnc(OC(F)F)n2)C1. The molecule has 0 saturated heterocycles. The van der Waals surface area contributed by atoms with Gasteiger partial charge in [0, 0.05) is 6.04 Å². The molecule has 1 aliphatic rings. The predicted octanol–water partition coefficient (Wildman–Crippen LogP) is 2.89. The van der Waals surface area contributed by atoms with E-state index in [-0.39, 0.29) is 18.1 Å². The smallest absolute Gasteiger partial charge is 0.407 e. The lowest BCUT2D eigenvalue weighted by Crippen LogP contribution is -2.41. The molecule has 0 aromatic carbocycles. The molecule has 9 heteroatoms. The number of hydrogen-bond acceptors (Lipinski definition) is 5. The van der Waals surface area contributed by atoms with Crippen LogP contribution in [0.2, 0.25) is 0 Å². The fourth-order valence-corrected chi connectivity index (χ4v) is 2.58. The number of aromatic nitrogens is 3. The average molecular weight is 332 g/mol. The van der Waals surface area contributed by atoms with Crippen LogP contribution in [-0.2, 0) is 4.74 Å². The maximum absolute atomic E-state index is 12.1. The van der Waals surface area contributed by atoms with Gasteiger partial charge in [0.25, 0.3) is 0 Å². The molecule has 1 heterocycles. The zero-order valence-corrected chi connectivity index (χ0v) is 13.5. The number of hydrogen-bond donors (Lipinski definition) is 1. The number of amides is 1. The summed E-state index contributed by atoms with van der Waals surface area (Å²) < 4.78 is 35.2. The molecule has 130 valence electrons. The van der Waals surface area contributed by atoms with Crippen LogP contribution in [0.25, 0.3) is 0 Å². The minimum absolute atomic E-state index is 0.0220. The third-order valence-electron chi connectivity index (χ3n) is 3.42. The number of carbonyl (C=O) groups is 1. The van der Waals surface area contributed by atoms with Gasteiger partial charge in [0.1, 0.15) is 11.9 Å². The zero-order chi connectivity index (χ0) is 17.0. The Hall–Kier alpha value is -1.93. The van der Waals surface area contributed by atoms with Gasteiger partial charge in [-0.15, -0.1) is 5.10 Å². The summed E-state index contributed by atoms with van der Waals surface area (Å²) in [6.07, 6.45) is 4.11. The normalized spacial score (nSPS) is 22.0. The molecule has 1 fully saturated rings. The molecule has 0 spiro atoms. The summed E-state index contributed by atoms with van der Waals surface area (Å²) in [4.78, 5) is 15.5. The van der Waals surface area contributed by atoms with E-state index in [4.69, 9.17) is 4.74 Å². The van der Waals surface area contributed by atoms with Gasteiger partial charge in [-0.2, -0.15) is 13.8 Å². The van der Waals surface area contributed by atoms with Crippen molar-refractivity contribution in [2.45, 2.75) is 70.8 Å². The van der Waals surface area contributed by atoms with Gasteiger partial charge in [-0.05, 0) is 46.5 Å².